The van der Waals surface area contributed by atoms with E-state index in [1.54, 1.807) is 48.0 Å². The summed E-state index contributed by atoms with van der Waals surface area (Å²) in [5, 5.41) is 24.5. The maximum atomic E-state index is 14.6. The van der Waals surface area contributed by atoms with Crippen molar-refractivity contribution in [3.05, 3.63) is 59.0 Å². The summed E-state index contributed by atoms with van der Waals surface area (Å²) < 4.78 is 16.2. The van der Waals surface area contributed by atoms with Crippen LogP contribution in [0.25, 0.3) is 32.6 Å². The predicted octanol–water partition coefficient (Wildman–Crippen LogP) is 4.17. The standard InChI is InChI=1S/C27H27FN6O2S/c1-27(2,36)15-34-25-19(13-32-34)8-18(12-31-25)24-21(16-5-6-17(11-29)22(28)9-16)10-23(37-24)26(35)33-7-3-4-20(30)14-33/h5-6,8-10,12-13,20,36H,3-4,7,14-15,30H2,1-2H3. The van der Waals surface area contributed by atoms with Gasteiger partial charge in [0.15, 0.2) is 5.65 Å². The summed E-state index contributed by atoms with van der Waals surface area (Å²) in [7, 11) is 0. The SMILES string of the molecule is CC(C)(O)Cn1ncc2cc(-c3sc(C(=O)N4CCCC(N)C4)cc3-c3ccc(C#N)c(F)c3)cnc21. The highest BCUT2D eigenvalue weighted by atomic mass is 32.1. The van der Waals surface area contributed by atoms with Crippen molar-refractivity contribution in [1.82, 2.24) is 19.7 Å². The van der Waals surface area contributed by atoms with E-state index < -0.39 is 11.4 Å². The van der Waals surface area contributed by atoms with E-state index in [0.29, 0.717) is 34.7 Å². The molecule has 37 heavy (non-hydrogen) atoms. The number of carbonyl (C=O) groups excluding carboxylic acids is 1. The Hall–Kier alpha value is -3.65. The van der Waals surface area contributed by atoms with Gasteiger partial charge in [-0.15, -0.1) is 11.3 Å². The summed E-state index contributed by atoms with van der Waals surface area (Å²) in [5.41, 5.74) is 7.75. The zero-order valence-corrected chi connectivity index (χ0v) is 21.4. The van der Waals surface area contributed by atoms with Gasteiger partial charge < -0.3 is 15.7 Å². The van der Waals surface area contributed by atoms with Crippen molar-refractivity contribution in [2.45, 2.75) is 44.9 Å². The Labute approximate surface area is 217 Å². The van der Waals surface area contributed by atoms with Crippen LogP contribution in [0.15, 0.2) is 42.7 Å². The number of aromatic nitrogens is 3. The fraction of sp³-hybridized carbons (Fsp3) is 0.333. The number of nitrogens with two attached hydrogens (primary N) is 1. The minimum absolute atomic E-state index is 0.0403. The summed E-state index contributed by atoms with van der Waals surface area (Å²) in [5.74, 6) is -0.720. The molecule has 8 nitrogen and oxygen atoms in total. The summed E-state index contributed by atoms with van der Waals surface area (Å²) in [6, 6.07) is 9.96. The van der Waals surface area contributed by atoms with Crippen LogP contribution in [0.2, 0.25) is 0 Å². The van der Waals surface area contributed by atoms with Crippen LogP contribution in [-0.2, 0) is 6.54 Å². The maximum absolute atomic E-state index is 14.6. The Balaban J connectivity index is 1.60. The molecular weight excluding hydrogens is 491 g/mol. The molecule has 10 heteroatoms. The minimum Gasteiger partial charge on any atom is -0.389 e. The van der Waals surface area contributed by atoms with Crippen LogP contribution in [0.5, 0.6) is 0 Å². The number of rotatable bonds is 5. The van der Waals surface area contributed by atoms with Gasteiger partial charge in [-0.2, -0.15) is 10.4 Å². The second-order valence-corrected chi connectivity index (χ2v) is 11.1. The number of pyridine rings is 1. The largest absolute Gasteiger partial charge is 0.389 e. The van der Waals surface area contributed by atoms with E-state index in [1.807, 2.05) is 12.1 Å². The Morgan fingerprint density at radius 2 is 2.11 bits per heavy atom. The number of amides is 1. The lowest BCUT2D eigenvalue weighted by atomic mass is 10.0. The quantitative estimate of drug-likeness (QED) is 0.409. The van der Waals surface area contributed by atoms with Crippen molar-refractivity contribution < 1.29 is 14.3 Å². The van der Waals surface area contributed by atoms with Gasteiger partial charge in [0.05, 0.1) is 28.8 Å². The van der Waals surface area contributed by atoms with Crippen LogP contribution in [0.3, 0.4) is 0 Å². The van der Waals surface area contributed by atoms with Gasteiger partial charge in [0.2, 0.25) is 0 Å². The number of piperidine rings is 1. The summed E-state index contributed by atoms with van der Waals surface area (Å²) in [6.45, 7) is 4.85. The van der Waals surface area contributed by atoms with Gasteiger partial charge in [-0.1, -0.05) is 6.07 Å². The number of likely N-dealkylation sites (tertiary alicyclic amines) is 1. The van der Waals surface area contributed by atoms with Gasteiger partial charge in [0, 0.05) is 46.7 Å². The van der Waals surface area contributed by atoms with E-state index in [0.717, 1.165) is 28.7 Å². The second-order valence-electron chi connectivity index (χ2n) is 10.1. The zero-order chi connectivity index (χ0) is 26.3. The molecule has 0 bridgehead atoms. The molecule has 1 unspecified atom stereocenters. The summed E-state index contributed by atoms with van der Waals surface area (Å²) >= 11 is 1.32. The van der Waals surface area contributed by atoms with Crippen molar-refractivity contribution in [2.75, 3.05) is 13.1 Å². The van der Waals surface area contributed by atoms with Gasteiger partial charge in [0.25, 0.3) is 5.91 Å². The first-order valence-electron chi connectivity index (χ1n) is 12.1. The molecule has 4 heterocycles. The first-order valence-corrected chi connectivity index (χ1v) is 12.9. The highest BCUT2D eigenvalue weighted by Gasteiger charge is 2.26. The van der Waals surface area contributed by atoms with E-state index in [2.05, 4.69) is 10.1 Å². The zero-order valence-electron chi connectivity index (χ0n) is 20.6. The number of nitriles is 1. The molecule has 3 aromatic heterocycles. The number of hydrogen-bond donors (Lipinski definition) is 2. The predicted molar refractivity (Wildman–Crippen MR) is 140 cm³/mol. The number of nitrogens with zero attached hydrogens (tertiary/aromatic N) is 5. The molecule has 3 N–H and O–H groups in total. The molecule has 1 fully saturated rings. The van der Waals surface area contributed by atoms with Crippen molar-refractivity contribution in [3.63, 3.8) is 0 Å². The smallest absolute Gasteiger partial charge is 0.264 e. The Morgan fingerprint density at radius 1 is 1.30 bits per heavy atom. The molecule has 5 rings (SSSR count). The topological polar surface area (TPSA) is 121 Å². The average molecular weight is 519 g/mol. The number of fused-ring (bicyclic) bond motifs is 1. The van der Waals surface area contributed by atoms with Crippen molar-refractivity contribution in [1.29, 1.82) is 5.26 Å². The van der Waals surface area contributed by atoms with Gasteiger partial charge in [-0.25, -0.2) is 14.1 Å². The molecule has 190 valence electrons. The minimum atomic E-state index is -0.952. The van der Waals surface area contributed by atoms with E-state index >= 15 is 0 Å². The normalized spacial score (nSPS) is 16.2. The fourth-order valence-corrected chi connectivity index (χ4v) is 5.76. The number of aliphatic hydroxyl groups is 1. The molecule has 1 atom stereocenters. The lowest BCUT2D eigenvalue weighted by Gasteiger charge is -2.30. The van der Waals surface area contributed by atoms with Crippen LogP contribution in [0, 0.1) is 17.1 Å². The summed E-state index contributed by atoms with van der Waals surface area (Å²) in [4.78, 5) is 21.1. The van der Waals surface area contributed by atoms with Gasteiger partial charge in [-0.3, -0.25) is 4.79 Å². The van der Waals surface area contributed by atoms with E-state index in [1.165, 1.54) is 23.5 Å². The maximum Gasteiger partial charge on any atom is 0.264 e. The Morgan fingerprint density at radius 3 is 2.81 bits per heavy atom. The third-order valence-corrected chi connectivity index (χ3v) is 7.54. The fourth-order valence-electron chi connectivity index (χ4n) is 4.63. The first-order chi connectivity index (χ1) is 17.6. The molecule has 1 aliphatic heterocycles. The molecule has 4 aromatic rings. The molecule has 0 aliphatic carbocycles. The third-order valence-electron chi connectivity index (χ3n) is 6.36. The number of thiophene rings is 1. The van der Waals surface area contributed by atoms with Crippen LogP contribution >= 0.6 is 11.3 Å². The van der Waals surface area contributed by atoms with Gasteiger partial charge >= 0.3 is 0 Å². The van der Waals surface area contributed by atoms with Gasteiger partial charge in [-0.05, 0) is 56.5 Å². The second kappa shape index (κ2) is 9.67. The average Bonchev–Trinajstić information content (AvgIpc) is 3.47. The molecule has 1 aromatic carbocycles. The molecular formula is C27H27FN6O2S. The van der Waals surface area contributed by atoms with Crippen LogP contribution in [-0.4, -0.2) is 55.4 Å². The molecule has 1 saturated heterocycles. The van der Waals surface area contributed by atoms with Crippen molar-refractivity contribution in [3.8, 4) is 27.6 Å². The van der Waals surface area contributed by atoms with Crippen LogP contribution in [0.1, 0.15) is 41.9 Å². The lowest BCUT2D eigenvalue weighted by molar-refractivity contribution is 0.0589. The summed E-state index contributed by atoms with van der Waals surface area (Å²) in [6.07, 6.45) is 5.13. The highest BCUT2D eigenvalue weighted by Crippen LogP contribution is 2.41. The molecule has 0 radical (unpaired) electrons. The molecule has 0 spiro atoms. The van der Waals surface area contributed by atoms with Crippen molar-refractivity contribution >= 4 is 28.3 Å². The Kier molecular flexibility index (Phi) is 6.54. The van der Waals surface area contributed by atoms with Gasteiger partial charge in [0.1, 0.15) is 11.9 Å². The first kappa shape index (κ1) is 25.0. The third kappa shape index (κ3) is 5.11. The van der Waals surface area contributed by atoms with E-state index in [4.69, 9.17) is 11.0 Å². The molecule has 0 saturated carbocycles. The van der Waals surface area contributed by atoms with Crippen LogP contribution in [0.4, 0.5) is 4.39 Å². The Bertz CT molecular complexity index is 1530. The number of halogens is 1. The van der Waals surface area contributed by atoms with Crippen LogP contribution < -0.4 is 5.73 Å². The number of carbonyl (C=O) groups is 1. The highest BCUT2D eigenvalue weighted by molar-refractivity contribution is 7.18. The van der Waals surface area contributed by atoms with Crippen molar-refractivity contribution in [2.24, 2.45) is 5.73 Å². The number of benzene rings is 1. The monoisotopic (exact) mass is 518 g/mol. The lowest BCUT2D eigenvalue weighted by Crippen LogP contribution is -2.45. The molecule has 1 aliphatic rings. The molecule has 1 amide bonds. The van der Waals surface area contributed by atoms with E-state index in [-0.39, 0.29) is 24.1 Å². The van der Waals surface area contributed by atoms with E-state index in [9.17, 15) is 14.3 Å². The number of hydrogen-bond acceptors (Lipinski definition) is 7.